The quantitative estimate of drug-likeness (QED) is 0.732. The van der Waals surface area contributed by atoms with E-state index in [1.165, 1.54) is 11.8 Å². The molecule has 24 heavy (non-hydrogen) atoms. The molecule has 1 aromatic carbocycles. The fraction of sp³-hybridized carbons (Fsp3) is 0.438. The molecule has 1 aliphatic carbocycles. The molecule has 1 unspecified atom stereocenters. The number of para-hydroxylation sites is 1. The summed E-state index contributed by atoms with van der Waals surface area (Å²) in [4.78, 5) is 11.7. The van der Waals surface area contributed by atoms with Crippen molar-refractivity contribution in [1.29, 1.82) is 0 Å². The van der Waals surface area contributed by atoms with Crippen LogP contribution < -0.4 is 4.74 Å². The molecule has 4 rings (SSSR count). The van der Waals surface area contributed by atoms with Gasteiger partial charge < -0.3 is 9.47 Å². The highest BCUT2D eigenvalue weighted by Gasteiger charge is 2.34. The number of thioether (sulfide) groups is 1. The first-order valence-corrected chi connectivity index (χ1v) is 9.12. The molecule has 1 aliphatic heterocycles. The molecule has 1 aromatic heterocycles. The summed E-state index contributed by atoms with van der Waals surface area (Å²) in [5.41, 5.74) is 0. The zero-order valence-corrected chi connectivity index (χ0v) is 14.4. The van der Waals surface area contributed by atoms with E-state index in [9.17, 15) is 4.79 Å². The van der Waals surface area contributed by atoms with E-state index in [2.05, 4.69) is 14.8 Å². The summed E-state index contributed by atoms with van der Waals surface area (Å²) in [6, 6.07) is 7.74. The molecule has 2 fully saturated rings. The Morgan fingerprint density at radius 3 is 2.83 bits per heavy atom. The van der Waals surface area contributed by atoms with Crippen LogP contribution in [0.15, 0.2) is 29.4 Å². The smallest absolute Gasteiger partial charge is 0.319 e. The molecule has 6 nitrogen and oxygen atoms in total. The van der Waals surface area contributed by atoms with Gasteiger partial charge in [-0.1, -0.05) is 35.5 Å². The van der Waals surface area contributed by atoms with Crippen LogP contribution in [-0.2, 0) is 16.1 Å². The highest BCUT2D eigenvalue weighted by Crippen LogP contribution is 2.40. The summed E-state index contributed by atoms with van der Waals surface area (Å²) in [7, 11) is 0. The molecule has 8 heteroatoms. The maximum absolute atomic E-state index is 11.7. The lowest BCUT2D eigenvalue weighted by atomic mass is 10.3. The topological polar surface area (TPSA) is 66.2 Å². The first kappa shape index (κ1) is 15.8. The highest BCUT2D eigenvalue weighted by molar-refractivity contribution is 8.00. The van der Waals surface area contributed by atoms with Gasteiger partial charge in [-0.2, -0.15) is 0 Å². The van der Waals surface area contributed by atoms with E-state index in [1.807, 2.05) is 18.2 Å². The molecular weight excluding hydrogens is 350 g/mol. The van der Waals surface area contributed by atoms with Crippen LogP contribution in [0.4, 0.5) is 0 Å². The molecule has 0 radical (unpaired) electrons. The molecule has 2 aliphatic rings. The number of benzene rings is 1. The summed E-state index contributed by atoms with van der Waals surface area (Å²) in [5, 5.41) is 9.67. The van der Waals surface area contributed by atoms with Crippen molar-refractivity contribution in [1.82, 2.24) is 14.8 Å². The third kappa shape index (κ3) is 3.23. The number of hydrogen-bond donors (Lipinski definition) is 0. The van der Waals surface area contributed by atoms with E-state index in [-0.39, 0.29) is 11.2 Å². The fourth-order valence-electron chi connectivity index (χ4n) is 2.60. The molecule has 1 saturated carbocycles. The van der Waals surface area contributed by atoms with Gasteiger partial charge in [-0.05, 0) is 25.0 Å². The predicted molar refractivity (Wildman–Crippen MR) is 89.3 cm³/mol. The van der Waals surface area contributed by atoms with Gasteiger partial charge in [0.25, 0.3) is 0 Å². The van der Waals surface area contributed by atoms with Crippen molar-refractivity contribution in [3.05, 3.63) is 35.1 Å². The number of ether oxygens (including phenoxy) is 2. The van der Waals surface area contributed by atoms with Crippen LogP contribution in [0.1, 0.15) is 31.1 Å². The molecule has 0 bridgehead atoms. The molecule has 2 aromatic rings. The number of carbonyl (C=O) groups excluding carboxylic acids is 1. The Kier molecular flexibility index (Phi) is 4.37. The SMILES string of the molecule is O=C1OCCC1Sc1nnc(COc2ccccc2Cl)n1C1CC1. The minimum Gasteiger partial charge on any atom is -0.484 e. The van der Waals surface area contributed by atoms with E-state index >= 15 is 0 Å². The summed E-state index contributed by atoms with van der Waals surface area (Å²) < 4.78 is 12.9. The lowest BCUT2D eigenvalue weighted by Crippen LogP contribution is -2.12. The van der Waals surface area contributed by atoms with Crippen molar-refractivity contribution in [3.63, 3.8) is 0 Å². The van der Waals surface area contributed by atoms with Crippen LogP contribution in [0.2, 0.25) is 5.02 Å². The summed E-state index contributed by atoms with van der Waals surface area (Å²) in [6.07, 6.45) is 2.91. The van der Waals surface area contributed by atoms with E-state index in [0.29, 0.717) is 36.4 Å². The Balaban J connectivity index is 1.51. The molecule has 1 saturated heterocycles. The van der Waals surface area contributed by atoms with Gasteiger partial charge in [0.1, 0.15) is 17.6 Å². The maximum atomic E-state index is 11.7. The number of aromatic nitrogens is 3. The average molecular weight is 366 g/mol. The molecule has 126 valence electrons. The average Bonchev–Trinajstić information content (AvgIpc) is 3.22. The standard InChI is InChI=1S/C16H16ClN3O3S/c17-11-3-1-2-4-12(11)23-9-14-18-19-16(20(14)10-5-6-10)24-13-7-8-22-15(13)21/h1-4,10,13H,5-9H2. The largest absolute Gasteiger partial charge is 0.484 e. The number of carbonyl (C=O) groups is 1. The highest BCUT2D eigenvalue weighted by atomic mass is 35.5. The molecular formula is C16H16ClN3O3S. The number of hydrogen-bond acceptors (Lipinski definition) is 6. The Bertz CT molecular complexity index is 763. The fourth-order valence-corrected chi connectivity index (χ4v) is 3.88. The molecule has 0 N–H and O–H groups in total. The van der Waals surface area contributed by atoms with Gasteiger partial charge in [-0.3, -0.25) is 9.36 Å². The number of rotatable bonds is 6. The third-order valence-electron chi connectivity index (χ3n) is 3.98. The maximum Gasteiger partial charge on any atom is 0.319 e. The zero-order valence-electron chi connectivity index (χ0n) is 12.9. The van der Waals surface area contributed by atoms with Gasteiger partial charge in [0.15, 0.2) is 11.0 Å². The monoisotopic (exact) mass is 365 g/mol. The van der Waals surface area contributed by atoms with E-state index in [1.54, 1.807) is 6.07 Å². The van der Waals surface area contributed by atoms with Gasteiger partial charge in [0.05, 0.1) is 11.6 Å². The van der Waals surface area contributed by atoms with Crippen molar-refractivity contribution in [2.75, 3.05) is 6.61 Å². The number of esters is 1. The van der Waals surface area contributed by atoms with Crippen LogP contribution in [-0.4, -0.2) is 32.6 Å². The summed E-state index contributed by atoms with van der Waals surface area (Å²) >= 11 is 7.55. The predicted octanol–water partition coefficient (Wildman–Crippen LogP) is 3.25. The van der Waals surface area contributed by atoms with Gasteiger partial charge in [0, 0.05) is 12.5 Å². The number of halogens is 1. The van der Waals surface area contributed by atoms with Crippen LogP contribution in [0.3, 0.4) is 0 Å². The van der Waals surface area contributed by atoms with Gasteiger partial charge >= 0.3 is 5.97 Å². The second-order valence-corrected chi connectivity index (χ2v) is 7.36. The Hall–Kier alpha value is -1.73. The number of cyclic esters (lactones) is 1. The van der Waals surface area contributed by atoms with Crippen LogP contribution in [0.25, 0.3) is 0 Å². The van der Waals surface area contributed by atoms with Gasteiger partial charge in [-0.15, -0.1) is 10.2 Å². The van der Waals surface area contributed by atoms with Crippen molar-refractivity contribution < 1.29 is 14.3 Å². The summed E-state index contributed by atoms with van der Waals surface area (Å²) in [6.45, 7) is 0.777. The zero-order chi connectivity index (χ0) is 16.5. The first-order valence-electron chi connectivity index (χ1n) is 7.87. The van der Waals surface area contributed by atoms with E-state index < -0.39 is 0 Å². The Labute approximate surface area is 148 Å². The van der Waals surface area contributed by atoms with Crippen molar-refractivity contribution in [2.24, 2.45) is 0 Å². The first-order chi connectivity index (χ1) is 11.7. The Morgan fingerprint density at radius 1 is 1.29 bits per heavy atom. The van der Waals surface area contributed by atoms with Crippen LogP contribution in [0, 0.1) is 0 Å². The third-order valence-corrected chi connectivity index (χ3v) is 5.49. The minimum absolute atomic E-state index is 0.167. The molecule has 1 atom stereocenters. The van der Waals surface area contributed by atoms with Gasteiger partial charge in [0.2, 0.25) is 0 Å². The summed E-state index contributed by atoms with van der Waals surface area (Å²) in [5.74, 6) is 1.21. The molecule has 0 amide bonds. The number of nitrogens with zero attached hydrogens (tertiary/aromatic N) is 3. The minimum atomic E-state index is -0.191. The lowest BCUT2D eigenvalue weighted by molar-refractivity contribution is -0.137. The van der Waals surface area contributed by atoms with Crippen molar-refractivity contribution in [2.45, 2.75) is 42.3 Å². The van der Waals surface area contributed by atoms with Gasteiger partial charge in [-0.25, -0.2) is 0 Å². The van der Waals surface area contributed by atoms with Crippen molar-refractivity contribution in [3.8, 4) is 5.75 Å². The molecule has 2 heterocycles. The normalized spacial score (nSPS) is 20.2. The Morgan fingerprint density at radius 2 is 2.12 bits per heavy atom. The molecule has 0 spiro atoms. The van der Waals surface area contributed by atoms with E-state index in [0.717, 1.165) is 23.8 Å². The van der Waals surface area contributed by atoms with E-state index in [4.69, 9.17) is 21.1 Å². The van der Waals surface area contributed by atoms with Crippen LogP contribution in [0.5, 0.6) is 5.75 Å². The van der Waals surface area contributed by atoms with Crippen LogP contribution >= 0.6 is 23.4 Å². The van der Waals surface area contributed by atoms with Crippen molar-refractivity contribution >= 4 is 29.3 Å². The second-order valence-electron chi connectivity index (χ2n) is 5.78. The second kappa shape index (κ2) is 6.64. The lowest BCUT2D eigenvalue weighted by Gasteiger charge is -2.11.